The van der Waals surface area contributed by atoms with Crippen molar-refractivity contribution in [3.05, 3.63) is 32.9 Å². The summed E-state index contributed by atoms with van der Waals surface area (Å²) in [5, 5.41) is 10.1. The Hall–Kier alpha value is -1.79. The van der Waals surface area contributed by atoms with Gasteiger partial charge in [0.2, 0.25) is 5.88 Å². The van der Waals surface area contributed by atoms with E-state index in [1.165, 1.54) is 11.3 Å². The fourth-order valence-electron chi connectivity index (χ4n) is 1.96. The maximum Gasteiger partial charge on any atom is 0.210 e. The van der Waals surface area contributed by atoms with E-state index in [1.807, 2.05) is 25.1 Å². The molecule has 3 heterocycles. The molecule has 1 N–H and O–H groups in total. The molecule has 0 spiro atoms. The summed E-state index contributed by atoms with van der Waals surface area (Å²) < 4.78 is 2.38. The number of aromatic hydroxyl groups is 1. The second-order valence-electron chi connectivity index (χ2n) is 4.03. The smallest absolute Gasteiger partial charge is 0.210 e. The molecule has 3 rings (SSSR count). The minimum Gasteiger partial charge on any atom is -0.493 e. The lowest BCUT2D eigenvalue weighted by atomic mass is 10.2. The molecule has 2 aromatic rings. The predicted octanol–water partition coefficient (Wildman–Crippen LogP) is 3.66. The molecule has 0 aromatic carbocycles. The van der Waals surface area contributed by atoms with Crippen LogP contribution in [0, 0.1) is 3.95 Å². The zero-order valence-electron chi connectivity index (χ0n) is 10.2. The van der Waals surface area contributed by atoms with Crippen LogP contribution < -0.4 is 0 Å². The number of allylic oxidation sites excluding steroid dienone is 1. The predicted molar refractivity (Wildman–Crippen MR) is 80.7 cm³/mol. The highest BCUT2D eigenvalue weighted by Crippen LogP contribution is 2.34. The Morgan fingerprint density at radius 3 is 3.11 bits per heavy atom. The molecule has 0 saturated heterocycles. The highest BCUT2D eigenvalue weighted by Gasteiger charge is 2.15. The number of nitrogens with zero attached hydrogens (tertiary/aromatic N) is 3. The second kappa shape index (κ2) is 4.71. The maximum absolute atomic E-state index is 10.1. The molecule has 96 valence electrons. The number of pyridine rings is 1. The number of aromatic nitrogens is 2. The molecule has 0 bridgehead atoms. The van der Waals surface area contributed by atoms with Crippen LogP contribution in [0.4, 0.5) is 5.69 Å². The lowest BCUT2D eigenvalue weighted by Gasteiger charge is -1.99. The lowest BCUT2D eigenvalue weighted by Crippen LogP contribution is -1.91. The van der Waals surface area contributed by atoms with E-state index in [9.17, 15) is 5.11 Å². The molecule has 0 radical (unpaired) electrons. The van der Waals surface area contributed by atoms with E-state index >= 15 is 0 Å². The normalized spacial score (nSPS) is 15.1. The summed E-state index contributed by atoms with van der Waals surface area (Å²) in [6.45, 7) is 2.61. The third kappa shape index (κ3) is 2.02. The van der Waals surface area contributed by atoms with Crippen LogP contribution in [0.25, 0.3) is 11.6 Å². The van der Waals surface area contributed by atoms with Crippen molar-refractivity contribution < 1.29 is 5.11 Å². The van der Waals surface area contributed by atoms with E-state index in [-0.39, 0.29) is 5.88 Å². The SMILES string of the molecule is CCn1c(O)c(C=C2C=Nc3cccnc32)sc1=S. The summed E-state index contributed by atoms with van der Waals surface area (Å²) in [5.41, 5.74) is 2.58. The number of rotatable bonds is 2. The molecule has 4 nitrogen and oxygen atoms in total. The van der Waals surface area contributed by atoms with Crippen LogP contribution in [0.3, 0.4) is 0 Å². The van der Waals surface area contributed by atoms with E-state index < -0.39 is 0 Å². The Bertz CT molecular complexity index is 755. The first kappa shape index (κ1) is 12.3. The average molecular weight is 289 g/mol. The van der Waals surface area contributed by atoms with Crippen LogP contribution in [-0.4, -0.2) is 20.9 Å². The Balaban J connectivity index is 2.10. The number of aliphatic imine (C=N–C) groups is 1. The molecule has 1 aliphatic heterocycles. The van der Waals surface area contributed by atoms with Gasteiger partial charge in [0.1, 0.15) is 0 Å². The van der Waals surface area contributed by atoms with Gasteiger partial charge in [-0.1, -0.05) is 0 Å². The largest absolute Gasteiger partial charge is 0.493 e. The topological polar surface area (TPSA) is 50.4 Å². The van der Waals surface area contributed by atoms with Crippen molar-refractivity contribution in [2.45, 2.75) is 13.5 Å². The van der Waals surface area contributed by atoms with E-state index in [0.717, 1.165) is 21.8 Å². The van der Waals surface area contributed by atoms with Crippen LogP contribution in [0.15, 0.2) is 23.3 Å². The molecule has 0 saturated carbocycles. The maximum atomic E-state index is 10.1. The van der Waals surface area contributed by atoms with Gasteiger partial charge in [-0.05, 0) is 37.4 Å². The van der Waals surface area contributed by atoms with Gasteiger partial charge < -0.3 is 5.11 Å². The fourth-order valence-corrected chi connectivity index (χ4v) is 3.34. The lowest BCUT2D eigenvalue weighted by molar-refractivity contribution is 0.419. The Labute approximate surface area is 119 Å². The first-order valence-corrected chi connectivity index (χ1v) is 7.07. The summed E-state index contributed by atoms with van der Waals surface area (Å²) in [7, 11) is 0. The van der Waals surface area contributed by atoms with Crippen molar-refractivity contribution in [3.8, 4) is 5.88 Å². The zero-order valence-corrected chi connectivity index (χ0v) is 11.8. The quantitative estimate of drug-likeness (QED) is 0.858. The molecule has 19 heavy (non-hydrogen) atoms. The van der Waals surface area contributed by atoms with E-state index in [0.29, 0.717) is 10.5 Å². The first-order chi connectivity index (χ1) is 9.20. The molecule has 2 aromatic heterocycles. The minimum atomic E-state index is 0.211. The van der Waals surface area contributed by atoms with E-state index in [1.54, 1.807) is 17.0 Å². The fraction of sp³-hybridized carbons (Fsp3) is 0.154. The Morgan fingerprint density at radius 2 is 2.37 bits per heavy atom. The molecular weight excluding hydrogens is 278 g/mol. The summed E-state index contributed by atoms with van der Waals surface area (Å²) >= 11 is 6.61. The van der Waals surface area contributed by atoms with Crippen molar-refractivity contribution in [2.75, 3.05) is 0 Å². The molecule has 0 fully saturated rings. The van der Waals surface area contributed by atoms with Crippen molar-refractivity contribution >= 4 is 47.1 Å². The first-order valence-electron chi connectivity index (χ1n) is 5.84. The van der Waals surface area contributed by atoms with Gasteiger partial charge in [-0.15, -0.1) is 11.3 Å². The van der Waals surface area contributed by atoms with Gasteiger partial charge in [-0.2, -0.15) is 0 Å². The molecular formula is C13H11N3OS2. The molecule has 0 amide bonds. The van der Waals surface area contributed by atoms with Crippen LogP contribution in [-0.2, 0) is 6.54 Å². The third-order valence-corrected chi connectivity index (χ3v) is 4.28. The summed E-state index contributed by atoms with van der Waals surface area (Å²) in [4.78, 5) is 9.35. The summed E-state index contributed by atoms with van der Waals surface area (Å²) in [5.74, 6) is 0.211. The highest BCUT2D eigenvalue weighted by atomic mass is 32.1. The van der Waals surface area contributed by atoms with Gasteiger partial charge in [0.15, 0.2) is 3.95 Å². The highest BCUT2D eigenvalue weighted by molar-refractivity contribution is 7.73. The van der Waals surface area contributed by atoms with Gasteiger partial charge >= 0.3 is 0 Å². The van der Waals surface area contributed by atoms with Crippen molar-refractivity contribution in [1.29, 1.82) is 0 Å². The third-order valence-electron chi connectivity index (χ3n) is 2.90. The Kier molecular flexibility index (Phi) is 3.04. The standard InChI is InChI=1S/C13H11N3OS2/c1-2-16-12(17)10(19-13(16)18)6-8-7-15-9-4-3-5-14-11(8)9/h3-7,17H,2H2,1H3. The molecule has 0 atom stereocenters. The van der Waals surface area contributed by atoms with Crippen LogP contribution in [0.2, 0.25) is 0 Å². The number of hydrogen-bond donors (Lipinski definition) is 1. The number of hydrogen-bond acceptors (Lipinski definition) is 5. The van der Waals surface area contributed by atoms with Crippen molar-refractivity contribution in [3.63, 3.8) is 0 Å². The molecule has 1 aliphatic rings. The van der Waals surface area contributed by atoms with Crippen LogP contribution in [0.5, 0.6) is 5.88 Å². The Morgan fingerprint density at radius 1 is 1.53 bits per heavy atom. The van der Waals surface area contributed by atoms with Crippen LogP contribution >= 0.6 is 23.6 Å². The van der Waals surface area contributed by atoms with E-state index in [4.69, 9.17) is 12.2 Å². The van der Waals surface area contributed by atoms with Gasteiger partial charge in [0, 0.05) is 24.5 Å². The van der Waals surface area contributed by atoms with E-state index in [2.05, 4.69) is 9.98 Å². The second-order valence-corrected chi connectivity index (χ2v) is 5.70. The van der Waals surface area contributed by atoms with Crippen molar-refractivity contribution in [2.24, 2.45) is 4.99 Å². The number of thiazole rings is 1. The molecule has 0 aliphatic carbocycles. The van der Waals surface area contributed by atoms with Crippen LogP contribution in [0.1, 0.15) is 17.5 Å². The van der Waals surface area contributed by atoms with Gasteiger partial charge in [-0.3, -0.25) is 14.5 Å². The molecule has 6 heteroatoms. The van der Waals surface area contributed by atoms with Gasteiger partial charge in [-0.25, -0.2) is 0 Å². The molecule has 0 unspecified atom stereocenters. The van der Waals surface area contributed by atoms with Gasteiger partial charge in [0.25, 0.3) is 0 Å². The average Bonchev–Trinajstić information content (AvgIpc) is 2.93. The monoisotopic (exact) mass is 289 g/mol. The van der Waals surface area contributed by atoms with Crippen molar-refractivity contribution in [1.82, 2.24) is 9.55 Å². The minimum absolute atomic E-state index is 0.211. The zero-order chi connectivity index (χ0) is 13.4. The summed E-state index contributed by atoms with van der Waals surface area (Å²) in [6, 6.07) is 3.77. The number of fused-ring (bicyclic) bond motifs is 1. The summed E-state index contributed by atoms with van der Waals surface area (Å²) in [6.07, 6.45) is 5.38. The van der Waals surface area contributed by atoms with Gasteiger partial charge in [0.05, 0.1) is 16.3 Å².